The highest BCUT2D eigenvalue weighted by Crippen LogP contribution is 2.37. The number of rotatable bonds is 0. The Bertz CT molecular complexity index is 145. The lowest BCUT2D eigenvalue weighted by molar-refractivity contribution is 0.207. The van der Waals surface area contributed by atoms with Crippen LogP contribution in [-0.2, 0) is 0 Å². The Morgan fingerprint density at radius 2 is 1.56 bits per heavy atom. The van der Waals surface area contributed by atoms with Crippen molar-refractivity contribution in [2.24, 2.45) is 5.41 Å². The SMILES string of the molecule is CC.CCC.CN1CCC2(CCNCC2)C1. The van der Waals surface area contributed by atoms with Crippen molar-refractivity contribution >= 4 is 0 Å². The van der Waals surface area contributed by atoms with Crippen LogP contribution in [0.5, 0.6) is 0 Å². The van der Waals surface area contributed by atoms with E-state index in [0.29, 0.717) is 5.41 Å². The van der Waals surface area contributed by atoms with Gasteiger partial charge in [-0.1, -0.05) is 34.1 Å². The second-order valence-electron chi connectivity index (χ2n) is 4.94. The molecule has 1 N–H and O–H groups in total. The largest absolute Gasteiger partial charge is 0.317 e. The fourth-order valence-corrected chi connectivity index (χ4v) is 2.52. The van der Waals surface area contributed by atoms with Crippen LogP contribution >= 0.6 is 0 Å². The van der Waals surface area contributed by atoms with Crippen LogP contribution in [0.25, 0.3) is 0 Å². The van der Waals surface area contributed by atoms with Crippen molar-refractivity contribution in [2.75, 3.05) is 33.2 Å². The second-order valence-corrected chi connectivity index (χ2v) is 4.94. The van der Waals surface area contributed by atoms with Gasteiger partial charge in [0.2, 0.25) is 0 Å². The summed E-state index contributed by atoms with van der Waals surface area (Å²) < 4.78 is 0. The Kier molecular flexibility index (Phi) is 8.96. The first kappa shape index (κ1) is 15.9. The first-order valence-corrected chi connectivity index (χ1v) is 7.12. The molecular formula is C14H32N2. The minimum atomic E-state index is 0.708. The summed E-state index contributed by atoms with van der Waals surface area (Å²) in [6, 6.07) is 0. The predicted octanol–water partition coefficient (Wildman–Crippen LogP) is 3.13. The molecule has 2 nitrogen and oxygen atoms in total. The second kappa shape index (κ2) is 9.00. The van der Waals surface area contributed by atoms with Gasteiger partial charge in [-0.15, -0.1) is 0 Å². The van der Waals surface area contributed by atoms with E-state index in [4.69, 9.17) is 0 Å². The molecule has 2 aliphatic rings. The zero-order valence-corrected chi connectivity index (χ0v) is 12.1. The van der Waals surface area contributed by atoms with Crippen molar-refractivity contribution < 1.29 is 0 Å². The van der Waals surface area contributed by atoms with Crippen LogP contribution in [0.3, 0.4) is 0 Å². The summed E-state index contributed by atoms with van der Waals surface area (Å²) in [6.07, 6.45) is 5.49. The summed E-state index contributed by atoms with van der Waals surface area (Å²) in [6.45, 7) is 13.4. The van der Waals surface area contributed by atoms with Gasteiger partial charge < -0.3 is 10.2 Å². The van der Waals surface area contributed by atoms with Gasteiger partial charge in [0.25, 0.3) is 0 Å². The molecule has 2 heterocycles. The first-order valence-electron chi connectivity index (χ1n) is 7.12. The molecular weight excluding hydrogens is 196 g/mol. The molecule has 0 unspecified atom stereocenters. The van der Waals surface area contributed by atoms with E-state index in [1.54, 1.807) is 0 Å². The highest BCUT2D eigenvalue weighted by atomic mass is 15.1. The summed E-state index contributed by atoms with van der Waals surface area (Å²) in [5.74, 6) is 0. The normalized spacial score (nSPS) is 23.1. The fraction of sp³-hybridized carbons (Fsp3) is 1.00. The minimum Gasteiger partial charge on any atom is -0.317 e. The van der Waals surface area contributed by atoms with E-state index in [-0.39, 0.29) is 0 Å². The van der Waals surface area contributed by atoms with Gasteiger partial charge in [0.05, 0.1) is 0 Å². The third kappa shape index (κ3) is 5.31. The molecule has 1 spiro atoms. The summed E-state index contributed by atoms with van der Waals surface area (Å²) >= 11 is 0. The standard InChI is InChI=1S/C9H18N2.C3H8.C2H6/c1-11-7-4-9(8-11)2-5-10-6-3-9;1-3-2;1-2/h10H,2-8H2,1H3;3H2,1-2H3;1-2H3. The Morgan fingerprint density at radius 1 is 1.06 bits per heavy atom. The molecule has 0 atom stereocenters. The molecule has 16 heavy (non-hydrogen) atoms. The minimum absolute atomic E-state index is 0.708. The van der Waals surface area contributed by atoms with Crippen LogP contribution in [0.15, 0.2) is 0 Å². The van der Waals surface area contributed by atoms with E-state index in [0.717, 1.165) is 0 Å². The molecule has 98 valence electrons. The van der Waals surface area contributed by atoms with Crippen molar-refractivity contribution in [3.05, 3.63) is 0 Å². The van der Waals surface area contributed by atoms with E-state index in [1.165, 1.54) is 51.9 Å². The predicted molar refractivity (Wildman–Crippen MR) is 74.0 cm³/mol. The first-order chi connectivity index (χ1) is 7.72. The maximum Gasteiger partial charge on any atom is 0.00364 e. The molecule has 0 saturated carbocycles. The summed E-state index contributed by atoms with van der Waals surface area (Å²) in [5.41, 5.74) is 0.708. The van der Waals surface area contributed by atoms with Crippen LogP contribution in [0, 0.1) is 5.41 Å². The van der Waals surface area contributed by atoms with E-state index in [1.807, 2.05) is 13.8 Å². The van der Waals surface area contributed by atoms with Crippen molar-refractivity contribution in [2.45, 2.75) is 53.4 Å². The van der Waals surface area contributed by atoms with Gasteiger partial charge in [-0.2, -0.15) is 0 Å². The van der Waals surface area contributed by atoms with Crippen LogP contribution < -0.4 is 5.32 Å². The molecule has 0 bridgehead atoms. The topological polar surface area (TPSA) is 15.3 Å². The lowest BCUT2D eigenvalue weighted by Gasteiger charge is -2.33. The number of likely N-dealkylation sites (tertiary alicyclic amines) is 1. The van der Waals surface area contributed by atoms with Crippen LogP contribution in [0.4, 0.5) is 0 Å². The number of nitrogens with one attached hydrogen (secondary N) is 1. The molecule has 2 rings (SSSR count). The van der Waals surface area contributed by atoms with Gasteiger partial charge in [0, 0.05) is 6.54 Å². The van der Waals surface area contributed by atoms with Crippen molar-refractivity contribution in [3.63, 3.8) is 0 Å². The van der Waals surface area contributed by atoms with Gasteiger partial charge in [-0.25, -0.2) is 0 Å². The van der Waals surface area contributed by atoms with E-state index < -0.39 is 0 Å². The highest BCUT2D eigenvalue weighted by Gasteiger charge is 2.37. The van der Waals surface area contributed by atoms with E-state index in [9.17, 15) is 0 Å². The molecule has 0 aromatic rings. The number of hydrogen-bond acceptors (Lipinski definition) is 2. The maximum absolute atomic E-state index is 3.43. The van der Waals surface area contributed by atoms with Crippen LogP contribution in [-0.4, -0.2) is 38.1 Å². The van der Waals surface area contributed by atoms with Gasteiger partial charge in [0.15, 0.2) is 0 Å². The maximum atomic E-state index is 3.43. The molecule has 0 aliphatic carbocycles. The number of nitrogens with zero attached hydrogens (tertiary/aromatic N) is 1. The zero-order chi connectivity index (χ0) is 12.4. The summed E-state index contributed by atoms with van der Waals surface area (Å²) in [7, 11) is 2.25. The molecule has 2 heteroatoms. The molecule has 2 fully saturated rings. The quantitative estimate of drug-likeness (QED) is 0.685. The van der Waals surface area contributed by atoms with Crippen molar-refractivity contribution in [3.8, 4) is 0 Å². The molecule has 2 saturated heterocycles. The summed E-state index contributed by atoms with van der Waals surface area (Å²) in [5, 5.41) is 3.43. The number of hydrogen-bond donors (Lipinski definition) is 1. The Balaban J connectivity index is 0.000000394. The average molecular weight is 228 g/mol. The Hall–Kier alpha value is -0.0800. The summed E-state index contributed by atoms with van der Waals surface area (Å²) in [4.78, 5) is 2.48. The lowest BCUT2D eigenvalue weighted by Crippen LogP contribution is -2.38. The monoisotopic (exact) mass is 228 g/mol. The van der Waals surface area contributed by atoms with Crippen LogP contribution in [0.2, 0.25) is 0 Å². The van der Waals surface area contributed by atoms with E-state index >= 15 is 0 Å². The molecule has 2 aliphatic heterocycles. The molecule has 0 amide bonds. The van der Waals surface area contributed by atoms with Crippen molar-refractivity contribution in [1.82, 2.24) is 10.2 Å². The highest BCUT2D eigenvalue weighted by molar-refractivity contribution is 4.91. The van der Waals surface area contributed by atoms with Gasteiger partial charge in [0.1, 0.15) is 0 Å². The number of piperidine rings is 1. The van der Waals surface area contributed by atoms with Gasteiger partial charge in [-0.05, 0) is 51.4 Å². The third-order valence-electron chi connectivity index (χ3n) is 3.29. The van der Waals surface area contributed by atoms with Crippen LogP contribution in [0.1, 0.15) is 53.4 Å². The smallest absolute Gasteiger partial charge is 0.00364 e. The Labute approximate surface area is 103 Å². The van der Waals surface area contributed by atoms with E-state index in [2.05, 4.69) is 31.1 Å². The average Bonchev–Trinajstić information content (AvgIpc) is 2.65. The lowest BCUT2D eigenvalue weighted by atomic mass is 9.78. The van der Waals surface area contributed by atoms with Gasteiger partial charge in [-0.3, -0.25) is 0 Å². The molecule has 0 aromatic carbocycles. The van der Waals surface area contributed by atoms with Crippen molar-refractivity contribution in [1.29, 1.82) is 0 Å². The molecule has 0 aromatic heterocycles. The zero-order valence-electron chi connectivity index (χ0n) is 12.1. The van der Waals surface area contributed by atoms with Gasteiger partial charge >= 0.3 is 0 Å². The Morgan fingerprint density at radius 3 is 1.94 bits per heavy atom. The fourth-order valence-electron chi connectivity index (χ4n) is 2.52. The molecule has 0 radical (unpaired) electrons. The third-order valence-corrected chi connectivity index (χ3v) is 3.29.